The maximum absolute atomic E-state index is 9.65. The Morgan fingerprint density at radius 2 is 1.83 bits per heavy atom. The third-order valence-electron chi connectivity index (χ3n) is 0.175. The Morgan fingerprint density at radius 1 is 1.67 bits per heavy atom. The summed E-state index contributed by atoms with van der Waals surface area (Å²) in [6.07, 6.45) is 0. The monoisotopic (exact) mass is 103 g/mol. The molecule has 0 bridgehead atoms. The van der Waals surface area contributed by atoms with E-state index in [0.29, 0.717) is 0 Å². The fraction of sp³-hybridized carbons (Fsp3) is 0. The van der Waals surface area contributed by atoms with Crippen molar-refractivity contribution in [3.8, 4) is 0 Å². The van der Waals surface area contributed by atoms with E-state index >= 15 is 0 Å². The fourth-order valence-electron chi connectivity index (χ4n) is 0. The summed E-state index contributed by atoms with van der Waals surface area (Å²) >= 11 is 0.868. The second kappa shape index (κ2) is 1.96. The van der Waals surface area contributed by atoms with Crippen LogP contribution in [-0.2, 0) is 12.5 Å². The molecule has 0 rings (SSSR count). The molecule has 6 heavy (non-hydrogen) atoms. The number of hydrogen-bond acceptors (Lipinski definition) is 4. The Kier molecular flexibility index (Phi) is 2.11. The van der Waals surface area contributed by atoms with Crippen LogP contribution in [0.1, 0.15) is 0 Å². The predicted molar refractivity (Wildman–Crippen MR) is 19.9 cm³/mol. The summed E-state index contributed by atoms with van der Waals surface area (Å²) in [6, 6.07) is 0. The molecule has 0 radical (unpaired) electrons. The van der Waals surface area contributed by atoms with E-state index in [4.69, 9.17) is 0 Å². The summed E-state index contributed by atoms with van der Waals surface area (Å²) in [4.78, 5) is 0. The Balaban J connectivity index is 3.85. The minimum absolute atomic E-state index is 0.868. The second-order valence-corrected chi connectivity index (χ2v) is 2.40. The van der Waals surface area contributed by atoms with E-state index in [1.807, 2.05) is 0 Å². The van der Waals surface area contributed by atoms with Crippen molar-refractivity contribution in [3.63, 3.8) is 0 Å². The molecule has 0 saturated heterocycles. The Labute approximate surface area is 43.8 Å². The summed E-state index contributed by atoms with van der Waals surface area (Å²) in [6.45, 7) is 0. The van der Waals surface area contributed by atoms with Crippen LogP contribution in [0, 0.1) is 0 Å². The van der Waals surface area contributed by atoms with Crippen LogP contribution in [0.15, 0.2) is 0 Å². The zero-order valence-corrected chi connectivity index (χ0v) is 4.03. The number of rotatable bonds is 1. The van der Waals surface area contributed by atoms with Gasteiger partial charge in [-0.1, -0.05) is 0 Å². The molecule has 2 N–H and O–H groups in total. The zero-order chi connectivity index (χ0) is 5.21. The molecule has 0 aliphatic rings. The summed E-state index contributed by atoms with van der Waals surface area (Å²) in [5, 5.41) is 0. The van der Waals surface area contributed by atoms with Crippen molar-refractivity contribution in [1.29, 1.82) is 0 Å². The van der Waals surface area contributed by atoms with Crippen molar-refractivity contribution in [2.24, 2.45) is 5.90 Å². The van der Waals surface area contributed by atoms with Crippen LogP contribution in [0.3, 0.4) is 0 Å². The number of nitrogens with two attached hydrogens (primary N) is 1. The van der Waals surface area contributed by atoms with Gasteiger partial charge >= 0.3 is 43.3 Å². The molecule has 0 saturated carbocycles. The quantitative estimate of drug-likeness (QED) is 0.317. The van der Waals surface area contributed by atoms with E-state index in [1.165, 1.54) is 0 Å². The molecule has 0 spiro atoms. The van der Waals surface area contributed by atoms with Crippen LogP contribution in [0.5, 0.6) is 0 Å². The van der Waals surface area contributed by atoms with Crippen LogP contribution in [-0.4, -0.2) is 24.9 Å². The van der Waals surface area contributed by atoms with Crippen LogP contribution >= 0.6 is 0 Å². The van der Waals surface area contributed by atoms with Gasteiger partial charge < -0.3 is 0 Å². The van der Waals surface area contributed by atoms with Gasteiger partial charge in [0.25, 0.3) is 0 Å². The van der Waals surface area contributed by atoms with E-state index in [9.17, 15) is 8.42 Å². The van der Waals surface area contributed by atoms with Crippen LogP contribution in [0.2, 0.25) is 0 Å². The van der Waals surface area contributed by atoms with Gasteiger partial charge in [0, 0.05) is 0 Å². The molecule has 0 fully saturated rings. The first-order chi connectivity index (χ1) is 2.56. The van der Waals surface area contributed by atoms with Crippen molar-refractivity contribution < 1.29 is 12.7 Å². The molecule has 0 aliphatic heterocycles. The first-order valence-electron chi connectivity index (χ1n) is 1.14. The normalized spacial score (nSPS) is 11.8. The second-order valence-electron chi connectivity index (χ2n) is 0.800. The van der Waals surface area contributed by atoms with Crippen molar-refractivity contribution in [2.45, 2.75) is 0 Å². The number of hydrogen-bond donors (Lipinski definition) is 1. The van der Waals surface area contributed by atoms with Crippen LogP contribution < -0.4 is 5.90 Å². The van der Waals surface area contributed by atoms with Gasteiger partial charge in [0.05, 0.1) is 0 Å². The van der Waals surface area contributed by atoms with Gasteiger partial charge in [0.15, 0.2) is 0 Å². The first-order valence-corrected chi connectivity index (χ1v) is 2.96. The van der Waals surface area contributed by atoms with Crippen molar-refractivity contribution in [1.82, 2.24) is 0 Å². The molecule has 0 heterocycles. The van der Waals surface area contributed by atoms with Crippen molar-refractivity contribution in [2.75, 3.05) is 0 Å². The Bertz CT molecular complexity index is 113. The third-order valence-corrected chi connectivity index (χ3v) is 0.524. The van der Waals surface area contributed by atoms with Gasteiger partial charge in [-0.05, 0) is 0 Å². The summed E-state index contributed by atoms with van der Waals surface area (Å²) in [7, 11) is -3.38. The Hall–Kier alpha value is 0.467. The molecule has 6 heteroatoms. The van der Waals surface area contributed by atoms with Gasteiger partial charge in [-0.15, -0.1) is 0 Å². The van der Waals surface area contributed by atoms with E-state index in [1.54, 1.807) is 0 Å². The molecule has 32 valence electrons. The topological polar surface area (TPSA) is 69.4 Å². The molecule has 0 aliphatic carbocycles. The molecule has 0 aromatic carbocycles. The van der Waals surface area contributed by atoms with Gasteiger partial charge in [-0.3, -0.25) is 0 Å². The molecule has 0 unspecified atom stereocenters. The zero-order valence-electron chi connectivity index (χ0n) is 3.21. The van der Waals surface area contributed by atoms with E-state index in [-0.39, 0.29) is 0 Å². The van der Waals surface area contributed by atoms with Gasteiger partial charge in [-0.2, -0.15) is 0 Å². The van der Waals surface area contributed by atoms with Gasteiger partial charge in [0.2, 0.25) is 0 Å². The SMILES string of the molecule is [Li][S](=O)(=O)ON. The standard InChI is InChI=1S/Li.H2NO3S/c;1-4-5(2)3/h;1H2. The predicted octanol–water partition coefficient (Wildman–Crippen LogP) is -1.71. The maximum atomic E-state index is 9.65. The third kappa shape index (κ3) is 4.47. The average molecular weight is 103 g/mol. The van der Waals surface area contributed by atoms with Crippen molar-refractivity contribution >= 4 is 24.7 Å². The van der Waals surface area contributed by atoms with Crippen molar-refractivity contribution in [3.05, 3.63) is 0 Å². The van der Waals surface area contributed by atoms with Crippen LogP contribution in [0.25, 0.3) is 0 Å². The molecular formula is H2LiNO3S. The molecule has 0 atom stereocenters. The summed E-state index contributed by atoms with van der Waals surface area (Å²) < 4.78 is 22.7. The molecule has 0 aromatic rings. The molecule has 4 nitrogen and oxygen atoms in total. The molecular weight excluding hydrogens is 101 g/mol. The fourth-order valence-corrected chi connectivity index (χ4v) is 0. The van der Waals surface area contributed by atoms with Crippen LogP contribution in [0.4, 0.5) is 0 Å². The van der Waals surface area contributed by atoms with E-state index in [0.717, 1.165) is 16.5 Å². The minimum atomic E-state index is -3.38. The molecule has 0 amide bonds. The van der Waals surface area contributed by atoms with Gasteiger partial charge in [-0.25, -0.2) is 0 Å². The average Bonchev–Trinajstić information content (AvgIpc) is 1.35. The van der Waals surface area contributed by atoms with E-state index in [2.05, 4.69) is 10.2 Å². The van der Waals surface area contributed by atoms with Gasteiger partial charge in [0.1, 0.15) is 0 Å². The summed E-state index contributed by atoms with van der Waals surface area (Å²) in [5.41, 5.74) is 0. The molecule has 0 aromatic heterocycles. The summed E-state index contributed by atoms with van der Waals surface area (Å²) in [5.74, 6) is 4.22. The Morgan fingerprint density at radius 3 is 1.83 bits per heavy atom. The first kappa shape index (κ1) is 6.47. The van der Waals surface area contributed by atoms with E-state index < -0.39 is 8.22 Å².